The standard InChI is InChI=1S/C12H14N4O2S/c1-3-18-11(17)10-8(2)19-12(15-10)13-7-9-5-4-6-14-16-9/h4-6H,3,7H2,1-2H3,(H,13,15). The summed E-state index contributed by atoms with van der Waals surface area (Å²) in [4.78, 5) is 16.7. The fourth-order valence-electron chi connectivity index (χ4n) is 1.45. The van der Waals surface area contributed by atoms with Crippen LogP contribution in [0.15, 0.2) is 18.3 Å². The van der Waals surface area contributed by atoms with Crippen molar-refractivity contribution in [2.45, 2.75) is 20.4 Å². The molecule has 0 saturated heterocycles. The van der Waals surface area contributed by atoms with Crippen molar-refractivity contribution in [2.24, 2.45) is 0 Å². The number of nitrogens with one attached hydrogen (secondary N) is 1. The van der Waals surface area contributed by atoms with Crippen LogP contribution in [0.5, 0.6) is 0 Å². The summed E-state index contributed by atoms with van der Waals surface area (Å²) < 4.78 is 4.94. The first kappa shape index (κ1) is 13.4. The molecule has 0 atom stereocenters. The van der Waals surface area contributed by atoms with Gasteiger partial charge in [0, 0.05) is 11.1 Å². The zero-order valence-electron chi connectivity index (χ0n) is 10.7. The van der Waals surface area contributed by atoms with Crippen molar-refractivity contribution in [1.29, 1.82) is 0 Å². The Morgan fingerprint density at radius 3 is 3.05 bits per heavy atom. The summed E-state index contributed by atoms with van der Waals surface area (Å²) in [5, 5.41) is 11.5. The fourth-order valence-corrected chi connectivity index (χ4v) is 2.25. The highest BCUT2D eigenvalue weighted by Crippen LogP contribution is 2.23. The summed E-state index contributed by atoms with van der Waals surface area (Å²) in [5.74, 6) is -0.385. The molecule has 100 valence electrons. The minimum atomic E-state index is -0.385. The van der Waals surface area contributed by atoms with E-state index in [2.05, 4.69) is 20.5 Å². The lowest BCUT2D eigenvalue weighted by atomic mass is 10.4. The van der Waals surface area contributed by atoms with Crippen molar-refractivity contribution in [3.63, 3.8) is 0 Å². The number of hydrogen-bond acceptors (Lipinski definition) is 7. The number of thiazole rings is 1. The average Bonchev–Trinajstić information content (AvgIpc) is 2.79. The summed E-state index contributed by atoms with van der Waals surface area (Å²) in [6.07, 6.45) is 1.62. The molecule has 0 aliphatic carbocycles. The molecular formula is C12H14N4O2S. The number of aryl methyl sites for hydroxylation is 1. The minimum absolute atomic E-state index is 0.345. The Hall–Kier alpha value is -2.02. The third-order valence-electron chi connectivity index (χ3n) is 2.31. The van der Waals surface area contributed by atoms with Crippen molar-refractivity contribution in [3.8, 4) is 0 Å². The molecule has 6 nitrogen and oxygen atoms in total. The van der Waals surface area contributed by atoms with Crippen molar-refractivity contribution in [3.05, 3.63) is 34.6 Å². The summed E-state index contributed by atoms with van der Waals surface area (Å²) in [5.41, 5.74) is 1.18. The van der Waals surface area contributed by atoms with Crippen LogP contribution in [-0.4, -0.2) is 27.8 Å². The van der Waals surface area contributed by atoms with E-state index in [1.54, 1.807) is 13.1 Å². The molecule has 2 heterocycles. The third kappa shape index (κ3) is 3.47. The second-order valence-corrected chi connectivity index (χ2v) is 4.92. The van der Waals surface area contributed by atoms with Gasteiger partial charge in [-0.1, -0.05) is 0 Å². The van der Waals surface area contributed by atoms with Crippen molar-refractivity contribution < 1.29 is 9.53 Å². The van der Waals surface area contributed by atoms with Gasteiger partial charge in [-0.2, -0.15) is 10.2 Å². The third-order valence-corrected chi connectivity index (χ3v) is 3.24. The first-order valence-electron chi connectivity index (χ1n) is 5.85. The number of ether oxygens (including phenoxy) is 1. The van der Waals surface area contributed by atoms with E-state index in [0.29, 0.717) is 24.0 Å². The monoisotopic (exact) mass is 278 g/mol. The van der Waals surface area contributed by atoms with Crippen LogP contribution in [0.25, 0.3) is 0 Å². The van der Waals surface area contributed by atoms with Gasteiger partial charge in [-0.05, 0) is 26.0 Å². The van der Waals surface area contributed by atoms with E-state index < -0.39 is 0 Å². The summed E-state index contributed by atoms with van der Waals surface area (Å²) in [7, 11) is 0. The van der Waals surface area contributed by atoms with Crippen LogP contribution in [0, 0.1) is 6.92 Å². The number of hydrogen-bond donors (Lipinski definition) is 1. The van der Waals surface area contributed by atoms with Crippen LogP contribution in [-0.2, 0) is 11.3 Å². The van der Waals surface area contributed by atoms with E-state index in [4.69, 9.17) is 4.74 Å². The molecule has 1 N–H and O–H groups in total. The van der Waals surface area contributed by atoms with Gasteiger partial charge in [0.25, 0.3) is 0 Å². The lowest BCUT2D eigenvalue weighted by Gasteiger charge is -2.00. The van der Waals surface area contributed by atoms with Crippen LogP contribution in [0.2, 0.25) is 0 Å². The predicted molar refractivity (Wildman–Crippen MR) is 72.2 cm³/mol. The van der Waals surface area contributed by atoms with Crippen molar-refractivity contribution in [1.82, 2.24) is 15.2 Å². The van der Waals surface area contributed by atoms with Gasteiger partial charge in [0.2, 0.25) is 0 Å². The van der Waals surface area contributed by atoms with Crippen LogP contribution in [0.3, 0.4) is 0 Å². The van der Waals surface area contributed by atoms with Crippen LogP contribution >= 0.6 is 11.3 Å². The number of carbonyl (C=O) groups excluding carboxylic acids is 1. The van der Waals surface area contributed by atoms with Gasteiger partial charge in [-0.3, -0.25) is 0 Å². The number of carbonyl (C=O) groups is 1. The lowest BCUT2D eigenvalue weighted by molar-refractivity contribution is 0.0519. The van der Waals surface area contributed by atoms with E-state index in [1.807, 2.05) is 19.1 Å². The minimum Gasteiger partial charge on any atom is -0.461 e. The van der Waals surface area contributed by atoms with Gasteiger partial charge in [0.15, 0.2) is 10.8 Å². The topological polar surface area (TPSA) is 77.0 Å². The quantitative estimate of drug-likeness (QED) is 0.843. The maximum atomic E-state index is 11.6. The second kappa shape index (κ2) is 6.24. The van der Waals surface area contributed by atoms with Crippen LogP contribution < -0.4 is 5.32 Å². The lowest BCUT2D eigenvalue weighted by Crippen LogP contribution is -2.07. The highest BCUT2D eigenvalue weighted by atomic mass is 32.1. The van der Waals surface area contributed by atoms with Crippen LogP contribution in [0.1, 0.15) is 28.0 Å². The number of anilines is 1. The molecule has 0 unspecified atom stereocenters. The Morgan fingerprint density at radius 1 is 1.53 bits per heavy atom. The number of nitrogens with zero attached hydrogens (tertiary/aromatic N) is 3. The SMILES string of the molecule is CCOC(=O)c1nc(NCc2cccnn2)sc1C. The molecular weight excluding hydrogens is 264 g/mol. The Morgan fingerprint density at radius 2 is 2.37 bits per heavy atom. The Balaban J connectivity index is 2.02. The molecule has 19 heavy (non-hydrogen) atoms. The Labute approximate surface area is 114 Å². The van der Waals surface area contributed by atoms with E-state index in [-0.39, 0.29) is 5.97 Å². The molecule has 0 bridgehead atoms. The molecule has 0 fully saturated rings. The highest BCUT2D eigenvalue weighted by Gasteiger charge is 2.16. The van der Waals surface area contributed by atoms with Gasteiger partial charge < -0.3 is 10.1 Å². The zero-order chi connectivity index (χ0) is 13.7. The van der Waals surface area contributed by atoms with E-state index in [0.717, 1.165) is 10.6 Å². The second-order valence-electron chi connectivity index (χ2n) is 3.71. The Kier molecular flexibility index (Phi) is 4.40. The first-order valence-corrected chi connectivity index (χ1v) is 6.67. The van der Waals surface area contributed by atoms with Gasteiger partial charge in [0.05, 0.1) is 18.8 Å². The zero-order valence-corrected chi connectivity index (χ0v) is 11.5. The predicted octanol–water partition coefficient (Wildman–Crippen LogP) is 2.03. The fraction of sp³-hybridized carbons (Fsp3) is 0.333. The van der Waals surface area contributed by atoms with E-state index in [1.165, 1.54) is 11.3 Å². The molecule has 0 aromatic carbocycles. The summed E-state index contributed by atoms with van der Waals surface area (Å²) in [6.45, 7) is 4.48. The molecule has 0 amide bonds. The Bertz CT molecular complexity index is 556. The van der Waals surface area contributed by atoms with Gasteiger partial charge in [-0.25, -0.2) is 9.78 Å². The van der Waals surface area contributed by atoms with E-state index >= 15 is 0 Å². The summed E-state index contributed by atoms with van der Waals surface area (Å²) >= 11 is 1.42. The molecule has 0 radical (unpaired) electrons. The molecule has 7 heteroatoms. The summed E-state index contributed by atoms with van der Waals surface area (Å²) in [6, 6.07) is 3.69. The molecule has 0 spiro atoms. The number of rotatable bonds is 5. The first-order chi connectivity index (χ1) is 9.20. The van der Waals surface area contributed by atoms with Gasteiger partial charge in [0.1, 0.15) is 0 Å². The highest BCUT2D eigenvalue weighted by molar-refractivity contribution is 7.15. The van der Waals surface area contributed by atoms with Gasteiger partial charge in [-0.15, -0.1) is 11.3 Å². The maximum absolute atomic E-state index is 11.6. The largest absolute Gasteiger partial charge is 0.461 e. The maximum Gasteiger partial charge on any atom is 0.358 e. The molecule has 2 rings (SSSR count). The average molecular weight is 278 g/mol. The van der Waals surface area contributed by atoms with E-state index in [9.17, 15) is 4.79 Å². The molecule has 0 saturated carbocycles. The normalized spacial score (nSPS) is 10.2. The molecule has 2 aromatic rings. The smallest absolute Gasteiger partial charge is 0.358 e. The van der Waals surface area contributed by atoms with Crippen LogP contribution in [0.4, 0.5) is 5.13 Å². The van der Waals surface area contributed by atoms with Crippen molar-refractivity contribution in [2.75, 3.05) is 11.9 Å². The van der Waals surface area contributed by atoms with Gasteiger partial charge >= 0.3 is 5.97 Å². The molecule has 0 aliphatic heterocycles. The number of aromatic nitrogens is 3. The molecule has 0 aliphatic rings. The number of esters is 1. The molecule has 2 aromatic heterocycles. The van der Waals surface area contributed by atoms with Crippen molar-refractivity contribution >= 4 is 22.4 Å².